The van der Waals surface area contributed by atoms with Gasteiger partial charge in [-0.15, -0.1) is 0 Å². The van der Waals surface area contributed by atoms with Gasteiger partial charge in [-0.3, -0.25) is 0 Å². The lowest BCUT2D eigenvalue weighted by Crippen LogP contribution is -2.01. The van der Waals surface area contributed by atoms with E-state index in [2.05, 4.69) is 114 Å². The Morgan fingerprint density at radius 1 is 0.800 bits per heavy atom. The van der Waals surface area contributed by atoms with Crippen LogP contribution in [0.1, 0.15) is 75.8 Å². The summed E-state index contributed by atoms with van der Waals surface area (Å²) in [4.78, 5) is 0. The first-order valence-corrected chi connectivity index (χ1v) is 10.8. The van der Waals surface area contributed by atoms with Gasteiger partial charge in [0.1, 0.15) is 0 Å². The van der Waals surface area contributed by atoms with Gasteiger partial charge in [-0.1, -0.05) is 54.0 Å². The first kappa shape index (κ1) is 20.3. The third-order valence-corrected chi connectivity index (χ3v) is 5.32. The second kappa shape index (κ2) is 7.38. The zero-order valence-electron chi connectivity index (χ0n) is 19.0. The van der Waals surface area contributed by atoms with Gasteiger partial charge in [0.05, 0.1) is 0 Å². The van der Waals surface area contributed by atoms with Gasteiger partial charge in [-0.2, -0.15) is 0 Å². The van der Waals surface area contributed by atoms with E-state index in [0.29, 0.717) is 0 Å². The summed E-state index contributed by atoms with van der Waals surface area (Å²) < 4.78 is 0. The number of allylic oxidation sites excluding steroid dienone is 4. The fourth-order valence-electron chi connectivity index (χ4n) is 3.97. The molecule has 4 rings (SSSR count). The monoisotopic (exact) mass is 390 g/mol. The highest BCUT2D eigenvalue weighted by Gasteiger charge is 2.25. The van der Waals surface area contributed by atoms with Crippen molar-refractivity contribution in [3.8, 4) is 34.8 Å². The molecule has 0 heterocycles. The van der Waals surface area contributed by atoms with Crippen molar-refractivity contribution in [3.05, 3.63) is 76.4 Å². The minimum absolute atomic E-state index is 0.0116. The molecule has 0 amide bonds. The molecule has 0 unspecified atom stereocenters. The molecule has 0 radical (unpaired) electrons. The fourth-order valence-corrected chi connectivity index (χ4v) is 3.97. The summed E-state index contributed by atoms with van der Waals surface area (Å²) in [5.74, 6) is 13.7. The Balaban J connectivity index is 1.81. The van der Waals surface area contributed by atoms with E-state index in [4.69, 9.17) is 0 Å². The Hall–Kier alpha value is -2.96. The second-order valence-corrected chi connectivity index (χ2v) is 10.4. The van der Waals surface area contributed by atoms with Crippen molar-refractivity contribution in [3.63, 3.8) is 0 Å². The molecule has 0 fully saturated rings. The standard InChI is InChI=1S/C30H30/c1-29(2,3)17-15-21-11-13-25-24(19-21)20-27-26(25)14-12-23(16-18-30(4,5)6)28(27)22-9-7-8-10-22/h7-9,11-14,19H,10,20H2,1-6H3. The number of benzene rings is 2. The highest BCUT2D eigenvalue weighted by Crippen LogP contribution is 2.43. The first-order chi connectivity index (χ1) is 14.1. The van der Waals surface area contributed by atoms with Crippen LogP contribution in [0.4, 0.5) is 0 Å². The molecule has 0 aliphatic heterocycles. The van der Waals surface area contributed by atoms with Crippen LogP contribution in [0.25, 0.3) is 16.7 Å². The smallest absolute Gasteiger partial charge is 0.0324 e. The topological polar surface area (TPSA) is 0 Å². The minimum Gasteiger partial charge on any atom is -0.0920 e. The Morgan fingerprint density at radius 2 is 1.50 bits per heavy atom. The third kappa shape index (κ3) is 4.30. The Bertz CT molecular complexity index is 1190. The molecule has 2 aliphatic rings. The molecule has 150 valence electrons. The van der Waals surface area contributed by atoms with Crippen molar-refractivity contribution in [1.82, 2.24) is 0 Å². The number of hydrogen-bond donors (Lipinski definition) is 0. The molecule has 0 spiro atoms. The lowest BCUT2D eigenvalue weighted by Gasteiger charge is -2.14. The average molecular weight is 391 g/mol. The summed E-state index contributed by atoms with van der Waals surface area (Å²) in [5.41, 5.74) is 10.5. The molecule has 0 aromatic heterocycles. The maximum absolute atomic E-state index is 3.49. The number of fused-ring (bicyclic) bond motifs is 3. The van der Waals surface area contributed by atoms with Crippen molar-refractivity contribution in [2.45, 2.75) is 54.4 Å². The van der Waals surface area contributed by atoms with Gasteiger partial charge < -0.3 is 0 Å². The van der Waals surface area contributed by atoms with E-state index in [0.717, 1.165) is 24.0 Å². The molecule has 30 heavy (non-hydrogen) atoms. The van der Waals surface area contributed by atoms with Crippen molar-refractivity contribution < 1.29 is 0 Å². The highest BCUT2D eigenvalue weighted by atomic mass is 14.3. The molecule has 2 aliphatic carbocycles. The van der Waals surface area contributed by atoms with E-state index < -0.39 is 0 Å². The predicted octanol–water partition coefficient (Wildman–Crippen LogP) is 7.40. The Kier molecular flexibility index (Phi) is 5.00. The molecule has 2 aromatic carbocycles. The summed E-state index contributed by atoms with van der Waals surface area (Å²) in [6, 6.07) is 11.2. The first-order valence-electron chi connectivity index (χ1n) is 10.8. The van der Waals surface area contributed by atoms with Crippen LogP contribution >= 0.6 is 0 Å². The maximum atomic E-state index is 3.49. The van der Waals surface area contributed by atoms with Gasteiger partial charge in [0, 0.05) is 22.0 Å². The molecular formula is C30H30. The summed E-state index contributed by atoms with van der Waals surface area (Å²) in [6.45, 7) is 13.0. The van der Waals surface area contributed by atoms with E-state index in [-0.39, 0.29) is 10.8 Å². The molecule has 0 nitrogen and oxygen atoms in total. The van der Waals surface area contributed by atoms with Gasteiger partial charge in [0.25, 0.3) is 0 Å². The molecular weight excluding hydrogens is 360 g/mol. The molecule has 0 saturated carbocycles. The predicted molar refractivity (Wildman–Crippen MR) is 129 cm³/mol. The van der Waals surface area contributed by atoms with E-state index in [1.54, 1.807) is 0 Å². The molecule has 2 aromatic rings. The van der Waals surface area contributed by atoms with E-state index in [1.165, 1.54) is 33.4 Å². The van der Waals surface area contributed by atoms with Gasteiger partial charge in [-0.05, 0) is 106 Å². The number of hydrogen-bond acceptors (Lipinski definition) is 0. The molecule has 0 bridgehead atoms. The van der Waals surface area contributed by atoms with E-state index in [9.17, 15) is 0 Å². The normalized spacial score (nSPS) is 14.3. The molecule has 0 N–H and O–H groups in total. The van der Waals surface area contributed by atoms with Crippen molar-refractivity contribution in [2.24, 2.45) is 10.8 Å². The second-order valence-electron chi connectivity index (χ2n) is 10.4. The zero-order valence-corrected chi connectivity index (χ0v) is 19.0. The summed E-state index contributed by atoms with van der Waals surface area (Å²) >= 11 is 0. The zero-order chi connectivity index (χ0) is 21.5. The summed E-state index contributed by atoms with van der Waals surface area (Å²) in [7, 11) is 0. The molecule has 0 atom stereocenters. The van der Waals surface area contributed by atoms with Crippen molar-refractivity contribution >= 4 is 5.57 Å². The van der Waals surface area contributed by atoms with E-state index in [1.807, 2.05) is 0 Å². The van der Waals surface area contributed by atoms with Gasteiger partial charge in [0.2, 0.25) is 0 Å². The fraction of sp³-hybridized carbons (Fsp3) is 0.333. The summed E-state index contributed by atoms with van der Waals surface area (Å²) in [5, 5.41) is 0. The van der Waals surface area contributed by atoms with Crippen LogP contribution in [0.2, 0.25) is 0 Å². The van der Waals surface area contributed by atoms with Gasteiger partial charge in [-0.25, -0.2) is 0 Å². The molecule has 0 heteroatoms. The van der Waals surface area contributed by atoms with Crippen LogP contribution in [0, 0.1) is 34.5 Å². The Morgan fingerprint density at radius 3 is 2.17 bits per heavy atom. The quantitative estimate of drug-likeness (QED) is 0.380. The van der Waals surface area contributed by atoms with E-state index >= 15 is 0 Å². The SMILES string of the molecule is CC(C)(C)C#Cc1ccc2c(c1)Cc1c-2ccc(C#CC(C)(C)C)c1C1=CC=CC1. The van der Waals surface area contributed by atoms with Crippen LogP contribution in [0.3, 0.4) is 0 Å². The Labute approximate surface area is 182 Å². The van der Waals surface area contributed by atoms with Crippen LogP contribution in [-0.2, 0) is 6.42 Å². The van der Waals surface area contributed by atoms with Crippen molar-refractivity contribution in [2.75, 3.05) is 0 Å². The lowest BCUT2D eigenvalue weighted by atomic mass is 9.89. The minimum atomic E-state index is -0.0117. The average Bonchev–Trinajstić information content (AvgIpc) is 3.30. The van der Waals surface area contributed by atoms with Crippen LogP contribution in [-0.4, -0.2) is 0 Å². The lowest BCUT2D eigenvalue weighted by molar-refractivity contribution is 0.570. The van der Waals surface area contributed by atoms with Crippen LogP contribution < -0.4 is 0 Å². The van der Waals surface area contributed by atoms with Gasteiger partial charge >= 0.3 is 0 Å². The van der Waals surface area contributed by atoms with Crippen LogP contribution in [0.15, 0.2) is 48.6 Å². The maximum Gasteiger partial charge on any atom is 0.0324 e. The largest absolute Gasteiger partial charge is 0.0920 e. The van der Waals surface area contributed by atoms with Gasteiger partial charge in [0.15, 0.2) is 0 Å². The summed E-state index contributed by atoms with van der Waals surface area (Å²) in [6.07, 6.45) is 8.59. The highest BCUT2D eigenvalue weighted by molar-refractivity contribution is 5.87. The van der Waals surface area contributed by atoms with Crippen molar-refractivity contribution in [1.29, 1.82) is 0 Å². The molecule has 0 saturated heterocycles. The third-order valence-electron chi connectivity index (χ3n) is 5.32. The van der Waals surface area contributed by atoms with Crippen LogP contribution in [0.5, 0.6) is 0 Å². The number of rotatable bonds is 1.